The molecule has 0 bridgehead atoms. The van der Waals surface area contributed by atoms with Gasteiger partial charge >= 0.3 is 5.97 Å². The maximum atomic E-state index is 11.9. The zero-order chi connectivity index (χ0) is 13.7. The number of carbonyl (C=O) groups is 1. The van der Waals surface area contributed by atoms with E-state index in [-0.39, 0.29) is 12.1 Å². The molecule has 2 aromatic carbocycles. The Morgan fingerprint density at radius 1 is 1.05 bits per heavy atom. The van der Waals surface area contributed by atoms with E-state index in [0.717, 1.165) is 11.3 Å². The van der Waals surface area contributed by atoms with Gasteiger partial charge in [-0.3, -0.25) is 0 Å². The first-order valence-corrected chi connectivity index (χ1v) is 6.10. The molecule has 0 saturated heterocycles. The van der Waals surface area contributed by atoms with Crippen LogP contribution in [0.4, 0.5) is 0 Å². The third kappa shape index (κ3) is 3.35. The highest BCUT2D eigenvalue weighted by atomic mass is 16.5. The van der Waals surface area contributed by atoms with Crippen LogP contribution >= 0.6 is 0 Å². The summed E-state index contributed by atoms with van der Waals surface area (Å²) in [6.07, 6.45) is -0.317. The molecule has 1 unspecified atom stereocenters. The normalized spacial score (nSPS) is 11.7. The molecule has 0 aromatic heterocycles. The molecule has 0 saturated carbocycles. The van der Waals surface area contributed by atoms with Crippen molar-refractivity contribution in [2.45, 2.75) is 13.0 Å². The van der Waals surface area contributed by atoms with E-state index in [1.165, 1.54) is 0 Å². The van der Waals surface area contributed by atoms with Crippen LogP contribution in [-0.4, -0.2) is 13.1 Å². The first-order chi connectivity index (χ1) is 9.20. The Hall–Kier alpha value is -2.29. The number of hydrogen-bond acceptors (Lipinski definition) is 3. The number of rotatable bonds is 4. The van der Waals surface area contributed by atoms with Crippen LogP contribution < -0.4 is 4.74 Å². The summed E-state index contributed by atoms with van der Waals surface area (Å²) in [6, 6.07) is 16.5. The SMILES string of the molecule is COc1cccc(C(C)OC(=O)c2ccccc2)c1. The molecule has 0 radical (unpaired) electrons. The predicted molar refractivity (Wildman–Crippen MR) is 73.3 cm³/mol. The van der Waals surface area contributed by atoms with Crippen LogP contribution in [0.25, 0.3) is 0 Å². The maximum Gasteiger partial charge on any atom is 0.338 e. The standard InChI is InChI=1S/C16H16O3/c1-12(14-9-6-10-15(11-14)18-2)19-16(17)13-7-4-3-5-8-13/h3-12H,1-2H3. The van der Waals surface area contributed by atoms with Crippen LogP contribution in [-0.2, 0) is 4.74 Å². The lowest BCUT2D eigenvalue weighted by Crippen LogP contribution is -2.09. The number of esters is 1. The van der Waals surface area contributed by atoms with Crippen LogP contribution in [0.1, 0.15) is 28.9 Å². The fraction of sp³-hybridized carbons (Fsp3) is 0.188. The fourth-order valence-corrected chi connectivity index (χ4v) is 1.77. The minimum Gasteiger partial charge on any atom is -0.497 e. The zero-order valence-electron chi connectivity index (χ0n) is 11.0. The van der Waals surface area contributed by atoms with Gasteiger partial charge in [0, 0.05) is 0 Å². The van der Waals surface area contributed by atoms with Crippen LogP contribution in [0.2, 0.25) is 0 Å². The van der Waals surface area contributed by atoms with Gasteiger partial charge in [0.25, 0.3) is 0 Å². The highest BCUT2D eigenvalue weighted by Crippen LogP contribution is 2.22. The van der Waals surface area contributed by atoms with E-state index in [9.17, 15) is 4.79 Å². The average molecular weight is 256 g/mol. The molecule has 2 rings (SSSR count). The van der Waals surface area contributed by atoms with E-state index in [1.807, 2.05) is 49.4 Å². The van der Waals surface area contributed by atoms with Crippen LogP contribution in [0, 0.1) is 0 Å². The van der Waals surface area contributed by atoms with Gasteiger partial charge in [-0.1, -0.05) is 30.3 Å². The van der Waals surface area contributed by atoms with Crippen molar-refractivity contribution in [3.8, 4) is 5.75 Å². The molecule has 3 nitrogen and oxygen atoms in total. The van der Waals surface area contributed by atoms with Gasteiger partial charge in [0.15, 0.2) is 0 Å². The molecule has 2 aromatic rings. The highest BCUT2D eigenvalue weighted by Gasteiger charge is 2.13. The molecule has 1 atom stereocenters. The first kappa shape index (κ1) is 13.1. The van der Waals surface area contributed by atoms with Gasteiger partial charge in [-0.15, -0.1) is 0 Å². The van der Waals surface area contributed by atoms with Gasteiger partial charge in [0.1, 0.15) is 11.9 Å². The first-order valence-electron chi connectivity index (χ1n) is 6.10. The maximum absolute atomic E-state index is 11.9. The Bertz CT molecular complexity index is 549. The quantitative estimate of drug-likeness (QED) is 0.784. The van der Waals surface area contributed by atoms with Gasteiger partial charge in [-0.25, -0.2) is 4.79 Å². The second-order valence-electron chi connectivity index (χ2n) is 4.19. The Morgan fingerprint density at radius 2 is 1.79 bits per heavy atom. The number of carbonyl (C=O) groups excluding carboxylic acids is 1. The highest BCUT2D eigenvalue weighted by molar-refractivity contribution is 5.89. The van der Waals surface area contributed by atoms with Crippen LogP contribution in [0.15, 0.2) is 54.6 Å². The van der Waals surface area contributed by atoms with Gasteiger partial charge in [0.2, 0.25) is 0 Å². The molecule has 0 aliphatic heterocycles. The molecule has 0 N–H and O–H groups in total. The van der Waals surface area contributed by atoms with Crippen molar-refractivity contribution < 1.29 is 14.3 Å². The topological polar surface area (TPSA) is 35.5 Å². The van der Waals surface area contributed by atoms with Crippen molar-refractivity contribution in [2.24, 2.45) is 0 Å². The molecular formula is C16H16O3. The molecule has 0 fully saturated rings. The summed E-state index contributed by atoms with van der Waals surface area (Å²) < 4.78 is 10.6. The molecule has 0 spiro atoms. The van der Waals surface area contributed by atoms with Gasteiger partial charge in [-0.2, -0.15) is 0 Å². The zero-order valence-corrected chi connectivity index (χ0v) is 11.0. The summed E-state index contributed by atoms with van der Waals surface area (Å²) in [5.74, 6) is 0.427. The van der Waals surface area contributed by atoms with Crippen molar-refractivity contribution in [2.75, 3.05) is 7.11 Å². The Kier molecular flexibility index (Phi) is 4.18. The van der Waals surface area contributed by atoms with Gasteiger partial charge in [-0.05, 0) is 36.8 Å². The fourth-order valence-electron chi connectivity index (χ4n) is 1.77. The molecule has 98 valence electrons. The summed E-state index contributed by atoms with van der Waals surface area (Å²) in [5, 5.41) is 0. The molecule has 0 heterocycles. The summed E-state index contributed by atoms with van der Waals surface area (Å²) in [6.45, 7) is 1.84. The molecule has 0 aliphatic rings. The Balaban J connectivity index is 2.08. The summed E-state index contributed by atoms with van der Waals surface area (Å²) in [7, 11) is 1.61. The molecule has 19 heavy (non-hydrogen) atoms. The molecule has 0 amide bonds. The third-order valence-corrected chi connectivity index (χ3v) is 2.86. The second-order valence-corrected chi connectivity index (χ2v) is 4.19. The largest absolute Gasteiger partial charge is 0.497 e. The predicted octanol–water partition coefficient (Wildman–Crippen LogP) is 3.61. The van der Waals surface area contributed by atoms with E-state index < -0.39 is 0 Å². The van der Waals surface area contributed by atoms with Crippen molar-refractivity contribution in [1.29, 1.82) is 0 Å². The van der Waals surface area contributed by atoms with Gasteiger partial charge < -0.3 is 9.47 Å². The lowest BCUT2D eigenvalue weighted by molar-refractivity contribution is 0.0337. The molecular weight excluding hydrogens is 240 g/mol. The second kappa shape index (κ2) is 6.05. The lowest BCUT2D eigenvalue weighted by atomic mass is 10.1. The lowest BCUT2D eigenvalue weighted by Gasteiger charge is -2.14. The Morgan fingerprint density at radius 3 is 2.47 bits per heavy atom. The van der Waals surface area contributed by atoms with E-state index in [1.54, 1.807) is 19.2 Å². The van der Waals surface area contributed by atoms with E-state index >= 15 is 0 Å². The number of benzene rings is 2. The minimum atomic E-state index is -0.323. The minimum absolute atomic E-state index is 0.317. The molecule has 3 heteroatoms. The van der Waals surface area contributed by atoms with Crippen LogP contribution in [0.5, 0.6) is 5.75 Å². The van der Waals surface area contributed by atoms with Crippen molar-refractivity contribution >= 4 is 5.97 Å². The number of hydrogen-bond donors (Lipinski definition) is 0. The summed E-state index contributed by atoms with van der Waals surface area (Å²) >= 11 is 0. The smallest absolute Gasteiger partial charge is 0.338 e. The van der Waals surface area contributed by atoms with E-state index in [2.05, 4.69) is 0 Å². The summed E-state index contributed by atoms with van der Waals surface area (Å²) in [5.41, 5.74) is 1.46. The van der Waals surface area contributed by atoms with Crippen molar-refractivity contribution in [1.82, 2.24) is 0 Å². The van der Waals surface area contributed by atoms with Crippen molar-refractivity contribution in [3.63, 3.8) is 0 Å². The van der Waals surface area contributed by atoms with Crippen molar-refractivity contribution in [3.05, 3.63) is 65.7 Å². The van der Waals surface area contributed by atoms with E-state index in [0.29, 0.717) is 5.56 Å². The van der Waals surface area contributed by atoms with Gasteiger partial charge in [0.05, 0.1) is 12.7 Å². The van der Waals surface area contributed by atoms with Crippen LogP contribution in [0.3, 0.4) is 0 Å². The summed E-state index contributed by atoms with van der Waals surface area (Å²) in [4.78, 5) is 11.9. The number of ether oxygens (including phenoxy) is 2. The average Bonchev–Trinajstić information content (AvgIpc) is 2.48. The number of methoxy groups -OCH3 is 1. The Labute approximate surface area is 112 Å². The monoisotopic (exact) mass is 256 g/mol. The van der Waals surface area contributed by atoms with E-state index in [4.69, 9.17) is 9.47 Å². The third-order valence-electron chi connectivity index (χ3n) is 2.86. The molecule has 0 aliphatic carbocycles.